The molecule has 0 aromatic heterocycles. The summed E-state index contributed by atoms with van der Waals surface area (Å²) in [4.78, 5) is 172. The van der Waals surface area contributed by atoms with Crippen LogP contribution >= 0.6 is 0 Å². The first-order valence-electron chi connectivity index (χ1n) is 43.5. The number of ketones is 9. The zero-order valence-corrected chi connectivity index (χ0v) is 76.6. The molecule has 28 heteroatoms. The van der Waals surface area contributed by atoms with Gasteiger partial charge in [0, 0.05) is 120 Å². The van der Waals surface area contributed by atoms with Crippen molar-refractivity contribution in [2.45, 2.75) is 323 Å². The van der Waals surface area contributed by atoms with Crippen LogP contribution in [0.15, 0.2) is 0 Å². The molecule has 120 heavy (non-hydrogen) atoms. The molecule has 28 nitrogen and oxygen atoms in total. The second-order valence-corrected chi connectivity index (χ2v) is 35.0. The highest BCUT2D eigenvalue weighted by atomic mass is 16.5. The van der Waals surface area contributed by atoms with Crippen molar-refractivity contribution in [3.05, 3.63) is 22.3 Å². The minimum Gasteiger partial charge on any atom is -0.487 e. The van der Waals surface area contributed by atoms with Crippen LogP contribution in [0, 0.1) is 79.4 Å². The second-order valence-electron chi connectivity index (χ2n) is 35.0. The van der Waals surface area contributed by atoms with Gasteiger partial charge in [-0.15, -0.1) is 0 Å². The Morgan fingerprint density at radius 1 is 0.442 bits per heavy atom. The van der Waals surface area contributed by atoms with Gasteiger partial charge in [0.15, 0.2) is 17.3 Å². The predicted octanol–water partition coefficient (Wildman–Crippen LogP) is 14.8. The van der Waals surface area contributed by atoms with Crippen molar-refractivity contribution in [2.75, 3.05) is 79.2 Å². The van der Waals surface area contributed by atoms with Crippen LogP contribution in [0.1, 0.15) is 307 Å². The molecule has 2 rings (SSSR count). The minimum absolute atomic E-state index is 0.00553. The van der Waals surface area contributed by atoms with Gasteiger partial charge in [-0.25, -0.2) is 4.79 Å². The molecule has 0 saturated carbocycles. The maximum Gasteiger partial charge on any atom is 0.326 e. The molecule has 7 atom stereocenters. The predicted molar refractivity (Wildman–Crippen MR) is 458 cm³/mol. The average molecular weight is 1700 g/mol. The van der Waals surface area contributed by atoms with E-state index >= 15 is 0 Å². The van der Waals surface area contributed by atoms with E-state index in [4.69, 9.17) is 48.5 Å². The van der Waals surface area contributed by atoms with Crippen LogP contribution in [0.2, 0.25) is 0 Å². The number of ether oxygens (including phenoxy) is 7. The van der Waals surface area contributed by atoms with E-state index in [-0.39, 0.29) is 198 Å². The molecule has 0 unspecified atom stereocenters. The number of carboxylic acid groups (broad SMARTS) is 4. The topological polar surface area (TPSA) is 426 Å². The fraction of sp³-hybridized carbons (Fsp3) is 0.772. The van der Waals surface area contributed by atoms with Crippen LogP contribution in [0.25, 0.3) is 0 Å². The van der Waals surface area contributed by atoms with Gasteiger partial charge in [0.25, 0.3) is 0 Å². The van der Waals surface area contributed by atoms with Crippen molar-refractivity contribution >= 4 is 87.7 Å². The summed E-state index contributed by atoms with van der Waals surface area (Å²) in [7, 11) is 0. The summed E-state index contributed by atoms with van der Waals surface area (Å²) < 4.78 is 39.4. The molecule has 1 heterocycles. The Morgan fingerprint density at radius 2 is 0.892 bits per heavy atom. The number of carboxylic acids is 4. The Balaban J connectivity index is 0. The van der Waals surface area contributed by atoms with Crippen LogP contribution in [-0.4, -0.2) is 199 Å². The number of aliphatic carboxylic acids is 4. The van der Waals surface area contributed by atoms with Crippen molar-refractivity contribution in [2.24, 2.45) is 58.7 Å². The van der Waals surface area contributed by atoms with Crippen LogP contribution in [0.5, 0.6) is 11.5 Å². The number of nitrogens with one attached hydrogen (secondary N) is 2. The highest BCUT2D eigenvalue weighted by Gasteiger charge is 2.36. The van der Waals surface area contributed by atoms with E-state index < -0.39 is 59.0 Å². The van der Waals surface area contributed by atoms with Crippen molar-refractivity contribution in [1.82, 2.24) is 10.6 Å². The molecule has 0 bridgehead atoms. The first-order chi connectivity index (χ1) is 56.0. The first-order valence-corrected chi connectivity index (χ1v) is 43.5. The van der Waals surface area contributed by atoms with Gasteiger partial charge in [-0.05, 0) is 140 Å². The van der Waals surface area contributed by atoms with Gasteiger partial charge in [-0.2, -0.15) is 0 Å². The Kier molecular flexibility index (Phi) is 61.3. The summed E-state index contributed by atoms with van der Waals surface area (Å²) >= 11 is 0. The fourth-order valence-corrected chi connectivity index (χ4v) is 12.8. The summed E-state index contributed by atoms with van der Waals surface area (Å²) in [5.74, 6) is -4.13. The van der Waals surface area contributed by atoms with Crippen LogP contribution in [0.3, 0.4) is 0 Å². The second kappa shape index (κ2) is 64.3. The van der Waals surface area contributed by atoms with E-state index in [0.29, 0.717) is 70.9 Å². The molecule has 6 N–H and O–H groups in total. The monoisotopic (exact) mass is 1700 g/mol. The molecule has 1 aliphatic heterocycles. The Hall–Kier alpha value is -7.53. The molecule has 0 aliphatic carbocycles. The van der Waals surface area contributed by atoms with E-state index in [2.05, 4.69) is 52.2 Å². The number of hydrogen-bond donors (Lipinski definition) is 6. The van der Waals surface area contributed by atoms with Gasteiger partial charge in [0.1, 0.15) is 77.7 Å². The first kappa shape index (κ1) is 115. The number of benzene rings is 1. The van der Waals surface area contributed by atoms with Gasteiger partial charge in [0.05, 0.1) is 57.4 Å². The summed E-state index contributed by atoms with van der Waals surface area (Å²) in [5.41, 5.74) is 3.54. The third-order valence-electron chi connectivity index (χ3n) is 20.9. The van der Waals surface area contributed by atoms with E-state index in [1.54, 1.807) is 27.7 Å². The average Bonchev–Trinajstić information content (AvgIpc) is 0.759. The quantitative estimate of drug-likeness (QED) is 0.0330. The highest BCUT2D eigenvalue weighted by molar-refractivity contribution is 5.88. The molecular weight excluding hydrogens is 1550 g/mol. The normalized spacial score (nSPS) is 14.5. The molecule has 688 valence electrons. The molecule has 1 aromatic rings. The molecule has 0 radical (unpaired) electrons. The van der Waals surface area contributed by atoms with E-state index in [9.17, 15) is 77.0 Å². The molecule has 1 aliphatic rings. The summed E-state index contributed by atoms with van der Waals surface area (Å²) in [5, 5.41) is 41.3. The number of amides is 2. The van der Waals surface area contributed by atoms with Crippen LogP contribution in [-0.2, 0) is 102 Å². The van der Waals surface area contributed by atoms with Crippen molar-refractivity contribution < 1.29 is 126 Å². The van der Waals surface area contributed by atoms with Crippen molar-refractivity contribution in [3.8, 4) is 11.5 Å². The van der Waals surface area contributed by atoms with Gasteiger partial charge >= 0.3 is 23.9 Å². The zero-order chi connectivity index (χ0) is 91.8. The van der Waals surface area contributed by atoms with Gasteiger partial charge < -0.3 is 73.8 Å². The molecule has 2 amide bonds. The largest absolute Gasteiger partial charge is 0.487 e. The number of Topliss-reactive ketones (excluding diaryl/α,β-unsaturated/α-hetero) is 9. The van der Waals surface area contributed by atoms with Gasteiger partial charge in [0.2, 0.25) is 11.8 Å². The molecule has 0 spiro atoms. The third kappa shape index (κ3) is 56.9. The highest BCUT2D eigenvalue weighted by Crippen LogP contribution is 2.45. The lowest BCUT2D eigenvalue weighted by atomic mass is 9.83. The number of hydrogen-bond acceptors (Lipinski definition) is 22. The van der Waals surface area contributed by atoms with Crippen LogP contribution in [0.4, 0.5) is 0 Å². The SMILES string of the molecule is CC(=O)C[C@@H](CCC(=O)C(C)C)C(=O)O.CC(=O)C[C@@H](CCC(=O)NCCOCCOCC(=O)CCCOCCOCC(=O)C(C)(C)C)C(=O)O.CC(=O)N[C@@H](CCC(=O)CCCOCCC(=O)C(C)C)C(=O)O.Cc1c(C)c2c(c(C)c1OCC(=O)C[C@@H](CCC(=O)C(C)C)C(=O)O)CC[C@@](C)(CCC[C@H](C)CCC[C@H](C)CCCC(C)C)O2. The molecule has 0 fully saturated rings. The van der Waals surface area contributed by atoms with E-state index in [1.165, 1.54) is 72.1 Å². The van der Waals surface area contributed by atoms with E-state index in [1.807, 2.05) is 48.5 Å². The Bertz CT molecular complexity index is 3310. The number of fused-ring (bicyclic) bond motifs is 1. The van der Waals surface area contributed by atoms with Gasteiger partial charge in [-0.1, -0.05) is 135 Å². The van der Waals surface area contributed by atoms with Crippen molar-refractivity contribution in [3.63, 3.8) is 0 Å². The van der Waals surface area contributed by atoms with E-state index in [0.717, 1.165) is 65.0 Å². The number of carbonyl (C=O) groups excluding carboxylic acids is 11. The Morgan fingerprint density at radius 3 is 1.37 bits per heavy atom. The summed E-state index contributed by atoms with van der Waals surface area (Å²) in [6.45, 7) is 40.9. The summed E-state index contributed by atoms with van der Waals surface area (Å²) in [6, 6.07) is -1.03. The van der Waals surface area contributed by atoms with Crippen LogP contribution < -0.4 is 20.1 Å². The number of carbonyl (C=O) groups is 15. The molecule has 0 saturated heterocycles. The Labute approximate surface area is 715 Å². The maximum atomic E-state index is 12.8. The maximum absolute atomic E-state index is 12.8. The molecular formula is C92H154N2O26. The lowest BCUT2D eigenvalue weighted by Crippen LogP contribution is -2.39. The smallest absolute Gasteiger partial charge is 0.326 e. The zero-order valence-electron chi connectivity index (χ0n) is 76.6. The lowest BCUT2D eigenvalue weighted by molar-refractivity contribution is -0.145. The minimum atomic E-state index is -1.15. The van der Waals surface area contributed by atoms with Gasteiger partial charge in [-0.3, -0.25) is 57.5 Å². The molecule has 1 aromatic carbocycles. The van der Waals surface area contributed by atoms with Crippen molar-refractivity contribution in [1.29, 1.82) is 0 Å². The fourth-order valence-electron chi connectivity index (χ4n) is 12.8. The third-order valence-corrected chi connectivity index (χ3v) is 20.9. The number of rotatable bonds is 65. The summed E-state index contributed by atoms with van der Waals surface area (Å²) in [6.07, 6.45) is 16.4. The standard InChI is InChI=1S/C40H66O6.C25H43NO10.C16H27NO6.C11H18O4/c1-26(2)14-11-15-28(5)16-12-17-29(6)18-13-22-40(10)23-21-35-32(9)37(30(7)31(8)38(35)46-40)45-25-34(41)24-33(39(43)44)19-20-36(42)27(3)4;1-19(27)16-20(24(31)32)7-8-23(30)26-9-11-34-13-14-35-17-21(28)6-5-10-33-12-15-36-18-22(29)25(2,3)4;1-11(2)15(20)8-10-23-9-4-5-13(19)6-7-14(16(21)22)17-12(3)18;1-7(2)10(13)5-4-9(11(14)15)6-8(3)12/h26-29,33H,11-25H2,1-10H3,(H,43,44);20H,5-18H2,1-4H3,(H,26,30)(H,31,32);11,14H,4-10H2,1-3H3,(H,17,18)(H,21,22);7,9H,4-6H2,1-3H3,(H,14,15)/t28-,29-,33-,40-;20-;14-;9-/m1101/s1. The lowest BCUT2D eigenvalue weighted by Gasteiger charge is -2.38.